The van der Waals surface area contributed by atoms with Crippen molar-refractivity contribution >= 4 is 31.5 Å². The fourth-order valence-corrected chi connectivity index (χ4v) is 6.54. The van der Waals surface area contributed by atoms with E-state index in [2.05, 4.69) is 10.0 Å². The fourth-order valence-electron chi connectivity index (χ4n) is 3.49. The Bertz CT molecular complexity index is 1150. The normalized spacial score (nSPS) is 18.5. The van der Waals surface area contributed by atoms with Gasteiger partial charge in [-0.15, -0.1) is 0 Å². The lowest BCUT2D eigenvalue weighted by Crippen LogP contribution is -2.35. The van der Waals surface area contributed by atoms with Gasteiger partial charge in [0.25, 0.3) is 5.91 Å². The molecule has 0 saturated carbocycles. The van der Waals surface area contributed by atoms with Gasteiger partial charge >= 0.3 is 0 Å². The molecule has 1 heterocycles. The van der Waals surface area contributed by atoms with E-state index in [4.69, 9.17) is 0 Å². The molecule has 1 saturated heterocycles. The number of para-hydroxylation sites is 1. The van der Waals surface area contributed by atoms with Gasteiger partial charge in [0, 0.05) is 17.3 Å². The van der Waals surface area contributed by atoms with Crippen LogP contribution >= 0.6 is 0 Å². The van der Waals surface area contributed by atoms with Gasteiger partial charge in [0.05, 0.1) is 16.4 Å². The van der Waals surface area contributed by atoms with Crippen molar-refractivity contribution in [3.05, 3.63) is 59.2 Å². The zero-order valence-corrected chi connectivity index (χ0v) is 18.8. The average Bonchev–Trinajstić information content (AvgIpc) is 3.00. The van der Waals surface area contributed by atoms with Gasteiger partial charge in [0.15, 0.2) is 9.84 Å². The lowest BCUT2D eigenvalue weighted by atomic mass is 9.98. The van der Waals surface area contributed by atoms with Crippen LogP contribution in [0.25, 0.3) is 0 Å². The Morgan fingerprint density at radius 2 is 1.77 bits per heavy atom. The first-order valence-electron chi connectivity index (χ1n) is 9.72. The van der Waals surface area contributed by atoms with Gasteiger partial charge in [0.2, 0.25) is 10.0 Å². The molecule has 2 aromatic carbocycles. The zero-order chi connectivity index (χ0) is 22.1. The van der Waals surface area contributed by atoms with Crippen LogP contribution in [-0.2, 0) is 19.9 Å². The number of carbonyl (C=O) groups is 1. The molecule has 2 aromatic rings. The smallest absolute Gasteiger partial charge is 0.255 e. The maximum Gasteiger partial charge on any atom is 0.255 e. The van der Waals surface area contributed by atoms with Crippen molar-refractivity contribution in [1.29, 1.82) is 0 Å². The van der Waals surface area contributed by atoms with E-state index in [1.165, 1.54) is 24.3 Å². The summed E-state index contributed by atoms with van der Waals surface area (Å²) in [6.07, 6.45) is 0.261. The maximum atomic E-state index is 12.7. The Labute approximate surface area is 177 Å². The van der Waals surface area contributed by atoms with Crippen molar-refractivity contribution < 1.29 is 21.6 Å². The van der Waals surface area contributed by atoms with Gasteiger partial charge in [-0.1, -0.05) is 32.0 Å². The summed E-state index contributed by atoms with van der Waals surface area (Å²) in [5.41, 5.74) is 3.07. The van der Waals surface area contributed by atoms with E-state index in [1.54, 1.807) is 0 Å². The predicted molar refractivity (Wildman–Crippen MR) is 117 cm³/mol. The SMILES string of the molecule is Cc1cccc(C(C)C)c1NC(=O)c1ccc(S(=O)(=O)NC2CCS(=O)(=O)C2)cc1. The summed E-state index contributed by atoms with van der Waals surface area (Å²) in [7, 11) is -7.06. The van der Waals surface area contributed by atoms with Crippen molar-refractivity contribution in [3.63, 3.8) is 0 Å². The van der Waals surface area contributed by atoms with Gasteiger partial charge in [-0.05, 0) is 54.7 Å². The van der Waals surface area contributed by atoms with Crippen LogP contribution in [0.15, 0.2) is 47.4 Å². The van der Waals surface area contributed by atoms with E-state index < -0.39 is 25.9 Å². The topological polar surface area (TPSA) is 109 Å². The summed E-state index contributed by atoms with van der Waals surface area (Å²) in [4.78, 5) is 12.7. The number of anilines is 1. The van der Waals surface area contributed by atoms with Gasteiger partial charge in [-0.25, -0.2) is 21.6 Å². The Balaban J connectivity index is 1.75. The molecule has 3 rings (SSSR count). The second kappa shape index (κ2) is 8.49. The van der Waals surface area contributed by atoms with Crippen LogP contribution in [0.1, 0.15) is 47.7 Å². The number of amides is 1. The van der Waals surface area contributed by atoms with Crippen molar-refractivity contribution in [3.8, 4) is 0 Å². The highest BCUT2D eigenvalue weighted by atomic mass is 32.2. The largest absolute Gasteiger partial charge is 0.321 e. The molecule has 162 valence electrons. The van der Waals surface area contributed by atoms with E-state index >= 15 is 0 Å². The second-order valence-corrected chi connectivity index (χ2v) is 11.8. The summed E-state index contributed by atoms with van der Waals surface area (Å²) in [6, 6.07) is 10.8. The van der Waals surface area contributed by atoms with Gasteiger partial charge in [0.1, 0.15) is 0 Å². The number of rotatable bonds is 6. The average molecular weight is 451 g/mol. The molecule has 2 N–H and O–H groups in total. The molecule has 1 atom stereocenters. The molecule has 7 nitrogen and oxygen atoms in total. The van der Waals surface area contributed by atoms with E-state index in [-0.39, 0.29) is 34.6 Å². The minimum Gasteiger partial charge on any atom is -0.321 e. The van der Waals surface area contributed by atoms with Crippen molar-refractivity contribution in [2.45, 2.75) is 44.0 Å². The number of sulfone groups is 1. The maximum absolute atomic E-state index is 12.7. The molecule has 0 bridgehead atoms. The molecule has 1 aliphatic heterocycles. The third-order valence-electron chi connectivity index (χ3n) is 5.15. The molecule has 0 radical (unpaired) electrons. The minimum atomic E-state index is -3.87. The predicted octanol–water partition coefficient (Wildman–Crippen LogP) is 2.84. The van der Waals surface area contributed by atoms with Crippen LogP contribution in [-0.4, -0.2) is 40.3 Å². The summed E-state index contributed by atoms with van der Waals surface area (Å²) in [5.74, 6) is -0.305. The number of sulfonamides is 1. The van der Waals surface area contributed by atoms with Gasteiger partial charge < -0.3 is 5.32 Å². The summed E-state index contributed by atoms with van der Waals surface area (Å²) < 4.78 is 50.6. The van der Waals surface area contributed by atoms with Crippen LogP contribution in [0.5, 0.6) is 0 Å². The number of hydrogen-bond donors (Lipinski definition) is 2. The van der Waals surface area contributed by atoms with E-state index in [9.17, 15) is 21.6 Å². The molecule has 1 amide bonds. The first-order valence-corrected chi connectivity index (χ1v) is 13.0. The monoisotopic (exact) mass is 450 g/mol. The number of carbonyl (C=O) groups excluding carboxylic acids is 1. The van der Waals surface area contributed by atoms with E-state index in [0.717, 1.165) is 16.8 Å². The second-order valence-electron chi connectivity index (χ2n) is 7.89. The highest BCUT2D eigenvalue weighted by molar-refractivity contribution is 7.92. The third-order valence-corrected chi connectivity index (χ3v) is 8.45. The first kappa shape index (κ1) is 22.5. The minimum absolute atomic E-state index is 0.0119. The van der Waals surface area contributed by atoms with E-state index in [1.807, 2.05) is 39.0 Å². The number of aryl methyl sites for hydroxylation is 1. The molecular formula is C21H26N2O5S2. The van der Waals surface area contributed by atoms with Crippen LogP contribution < -0.4 is 10.0 Å². The summed E-state index contributed by atoms with van der Waals surface area (Å²) in [5, 5.41) is 2.93. The molecule has 1 aliphatic rings. The van der Waals surface area contributed by atoms with Crippen LogP contribution in [0.4, 0.5) is 5.69 Å². The highest BCUT2D eigenvalue weighted by Crippen LogP contribution is 2.28. The van der Waals surface area contributed by atoms with Crippen molar-refractivity contribution in [2.75, 3.05) is 16.8 Å². The molecule has 0 spiro atoms. The quantitative estimate of drug-likeness (QED) is 0.703. The standard InChI is InChI=1S/C21H26N2O5S2/c1-14(2)19-6-4-5-15(3)20(19)22-21(24)16-7-9-18(10-8-16)30(27,28)23-17-11-12-29(25,26)13-17/h4-10,14,17,23H,11-13H2,1-3H3,(H,22,24). The van der Waals surface area contributed by atoms with Crippen LogP contribution in [0, 0.1) is 6.92 Å². The molecule has 1 fully saturated rings. The number of nitrogens with one attached hydrogen (secondary N) is 2. The first-order chi connectivity index (χ1) is 14.0. The Morgan fingerprint density at radius 1 is 1.10 bits per heavy atom. The van der Waals surface area contributed by atoms with Crippen LogP contribution in [0.3, 0.4) is 0 Å². The summed E-state index contributed by atoms with van der Waals surface area (Å²) >= 11 is 0. The lowest BCUT2D eigenvalue weighted by Gasteiger charge is -2.16. The number of hydrogen-bond acceptors (Lipinski definition) is 5. The fraction of sp³-hybridized carbons (Fsp3) is 0.381. The molecule has 9 heteroatoms. The van der Waals surface area contributed by atoms with Crippen molar-refractivity contribution in [2.24, 2.45) is 0 Å². The Kier molecular flexibility index (Phi) is 6.35. The molecular weight excluding hydrogens is 424 g/mol. The van der Waals surface area contributed by atoms with Crippen LogP contribution in [0.2, 0.25) is 0 Å². The van der Waals surface area contributed by atoms with Gasteiger partial charge in [-0.2, -0.15) is 0 Å². The third kappa shape index (κ3) is 5.08. The Morgan fingerprint density at radius 3 is 2.33 bits per heavy atom. The molecule has 0 aliphatic carbocycles. The van der Waals surface area contributed by atoms with Gasteiger partial charge in [-0.3, -0.25) is 4.79 Å². The molecule has 0 aromatic heterocycles. The number of benzene rings is 2. The molecule has 30 heavy (non-hydrogen) atoms. The highest BCUT2D eigenvalue weighted by Gasteiger charge is 2.31. The lowest BCUT2D eigenvalue weighted by molar-refractivity contribution is 0.102. The summed E-state index contributed by atoms with van der Waals surface area (Å²) in [6.45, 7) is 6.02. The van der Waals surface area contributed by atoms with Crippen molar-refractivity contribution in [1.82, 2.24) is 4.72 Å². The zero-order valence-electron chi connectivity index (χ0n) is 17.2. The van der Waals surface area contributed by atoms with E-state index in [0.29, 0.717) is 5.56 Å². The molecule has 1 unspecified atom stereocenters. The Hall–Kier alpha value is -2.23.